The van der Waals surface area contributed by atoms with Gasteiger partial charge in [-0.15, -0.1) is 0 Å². The van der Waals surface area contributed by atoms with Gasteiger partial charge in [0, 0.05) is 10.6 Å². The largest absolute Gasteiger partial charge is 1.00 e. The van der Waals surface area contributed by atoms with Crippen LogP contribution in [0.3, 0.4) is 0 Å². The maximum atomic E-state index is 11.0. The van der Waals surface area contributed by atoms with Crippen molar-refractivity contribution in [2.24, 2.45) is 0 Å². The second-order valence-corrected chi connectivity index (χ2v) is 6.82. The van der Waals surface area contributed by atoms with Gasteiger partial charge >= 0.3 is 29.6 Å². The molecule has 1 atom stereocenters. The Morgan fingerprint density at radius 3 is 2.18 bits per heavy atom. The van der Waals surface area contributed by atoms with Gasteiger partial charge in [-0.05, 0) is 29.8 Å². The second kappa shape index (κ2) is 7.83. The van der Waals surface area contributed by atoms with Crippen LogP contribution in [-0.4, -0.2) is 18.1 Å². The zero-order valence-electron chi connectivity index (χ0n) is 11.3. The molecule has 0 fully saturated rings. The van der Waals surface area contributed by atoms with E-state index in [2.05, 4.69) is 0 Å². The normalized spacial score (nSPS) is 12.6. The van der Waals surface area contributed by atoms with E-state index in [4.69, 9.17) is 34.8 Å². The quantitative estimate of drug-likeness (QED) is 0.475. The average molecular weight is 390 g/mol. The fraction of sp³-hybridized carbons (Fsp3) is 0.0769. The van der Waals surface area contributed by atoms with Crippen LogP contribution in [0.5, 0.6) is 0 Å². The molecule has 0 aromatic heterocycles. The van der Waals surface area contributed by atoms with Crippen LogP contribution in [0.4, 0.5) is 0 Å². The van der Waals surface area contributed by atoms with Crippen molar-refractivity contribution < 1.29 is 47.6 Å². The number of hydrogen-bond donors (Lipinski definition) is 1. The van der Waals surface area contributed by atoms with E-state index in [1.54, 1.807) is 0 Å². The van der Waals surface area contributed by atoms with Gasteiger partial charge in [-0.2, -0.15) is 0 Å². The fourth-order valence-corrected chi connectivity index (χ4v) is 2.95. The molecule has 1 unspecified atom stereocenters. The third kappa shape index (κ3) is 4.60. The van der Waals surface area contributed by atoms with Gasteiger partial charge in [0.05, 0.1) is 14.9 Å². The first-order valence-corrected chi connectivity index (χ1v) is 8.12. The smallest absolute Gasteiger partial charge is 0.744 e. The monoisotopic (exact) mass is 388 g/mol. The van der Waals surface area contributed by atoms with Crippen LogP contribution >= 0.6 is 34.8 Å². The minimum Gasteiger partial charge on any atom is -0.744 e. The summed E-state index contributed by atoms with van der Waals surface area (Å²) in [7, 11) is -4.61. The van der Waals surface area contributed by atoms with Crippen LogP contribution in [0.15, 0.2) is 41.3 Å². The Morgan fingerprint density at radius 2 is 1.59 bits per heavy atom. The van der Waals surface area contributed by atoms with E-state index in [-0.39, 0.29) is 55.8 Å². The summed E-state index contributed by atoms with van der Waals surface area (Å²) in [5.74, 6) is 0. The van der Waals surface area contributed by atoms with Crippen LogP contribution in [0.1, 0.15) is 17.2 Å². The average Bonchev–Trinajstić information content (AvgIpc) is 2.41. The molecule has 0 aliphatic heterocycles. The minimum absolute atomic E-state index is 0. The van der Waals surface area contributed by atoms with Crippen LogP contribution in [0.2, 0.25) is 15.1 Å². The third-order valence-corrected chi connectivity index (χ3v) is 4.68. The van der Waals surface area contributed by atoms with Crippen molar-refractivity contribution in [1.29, 1.82) is 0 Å². The topological polar surface area (TPSA) is 77.4 Å². The molecule has 9 heteroatoms. The molecule has 0 saturated carbocycles. The van der Waals surface area contributed by atoms with Crippen LogP contribution in [0.25, 0.3) is 0 Å². The molecule has 22 heavy (non-hydrogen) atoms. The Kier molecular flexibility index (Phi) is 7.20. The SMILES string of the molecule is O=S(=O)([O-])c1cccc(C(O)c2cc(Cl)c(Cl)cc2Cl)c1.[Na+]. The summed E-state index contributed by atoms with van der Waals surface area (Å²) >= 11 is 17.7. The molecule has 0 saturated heterocycles. The first-order valence-electron chi connectivity index (χ1n) is 5.58. The maximum Gasteiger partial charge on any atom is 1.00 e. The molecule has 2 rings (SSSR count). The number of hydrogen-bond acceptors (Lipinski definition) is 4. The van der Waals surface area contributed by atoms with Crippen molar-refractivity contribution in [3.05, 3.63) is 62.6 Å². The molecule has 4 nitrogen and oxygen atoms in total. The Morgan fingerprint density at radius 1 is 1.00 bits per heavy atom. The van der Waals surface area contributed by atoms with Crippen molar-refractivity contribution in [3.63, 3.8) is 0 Å². The fourth-order valence-electron chi connectivity index (χ4n) is 1.77. The van der Waals surface area contributed by atoms with Gasteiger partial charge in [0.25, 0.3) is 0 Å². The van der Waals surface area contributed by atoms with Gasteiger partial charge in [0.2, 0.25) is 0 Å². The van der Waals surface area contributed by atoms with E-state index in [1.807, 2.05) is 0 Å². The van der Waals surface area contributed by atoms with Crippen molar-refractivity contribution in [2.75, 3.05) is 0 Å². The molecular weight excluding hydrogens is 382 g/mol. The Balaban J connectivity index is 0.00000242. The Bertz CT molecular complexity index is 796. The van der Waals surface area contributed by atoms with Gasteiger partial charge in [0.1, 0.15) is 16.2 Å². The van der Waals surface area contributed by atoms with Crippen molar-refractivity contribution in [2.45, 2.75) is 11.0 Å². The van der Waals surface area contributed by atoms with E-state index >= 15 is 0 Å². The van der Waals surface area contributed by atoms with Crippen molar-refractivity contribution in [3.8, 4) is 0 Å². The van der Waals surface area contributed by atoms with E-state index < -0.39 is 21.1 Å². The minimum atomic E-state index is -4.61. The third-order valence-electron chi connectivity index (χ3n) is 2.80. The van der Waals surface area contributed by atoms with E-state index in [1.165, 1.54) is 24.3 Å². The first kappa shape index (κ1) is 20.2. The molecule has 0 aliphatic carbocycles. The van der Waals surface area contributed by atoms with Crippen molar-refractivity contribution in [1.82, 2.24) is 0 Å². The van der Waals surface area contributed by atoms with Gasteiger partial charge in [-0.25, -0.2) is 8.42 Å². The molecule has 2 aromatic carbocycles. The molecular formula is C13H8Cl3NaO4S. The summed E-state index contributed by atoms with van der Waals surface area (Å²) in [6.07, 6.45) is -1.24. The second-order valence-electron chi connectivity index (χ2n) is 4.22. The summed E-state index contributed by atoms with van der Waals surface area (Å²) in [5, 5.41) is 10.9. The van der Waals surface area contributed by atoms with Crippen molar-refractivity contribution >= 4 is 44.9 Å². The Hall–Kier alpha value is 0.180. The number of benzene rings is 2. The number of rotatable bonds is 3. The molecule has 0 aliphatic rings. The summed E-state index contributed by atoms with van der Waals surface area (Å²) < 4.78 is 33.0. The molecule has 112 valence electrons. The van der Waals surface area contributed by atoms with Gasteiger partial charge in [-0.1, -0.05) is 46.9 Å². The molecule has 2 aromatic rings. The van der Waals surface area contributed by atoms with Crippen LogP contribution < -0.4 is 29.6 Å². The van der Waals surface area contributed by atoms with Crippen LogP contribution in [0, 0.1) is 0 Å². The van der Waals surface area contributed by atoms with E-state index in [0.717, 1.165) is 12.1 Å². The maximum absolute atomic E-state index is 11.0. The van der Waals surface area contributed by atoms with E-state index in [0.29, 0.717) is 0 Å². The molecule has 0 bridgehead atoms. The first-order chi connectivity index (χ1) is 9.70. The summed E-state index contributed by atoms with van der Waals surface area (Å²) in [4.78, 5) is -0.435. The molecule has 1 N–H and O–H groups in total. The molecule has 0 spiro atoms. The zero-order chi connectivity index (χ0) is 15.8. The van der Waals surface area contributed by atoms with Gasteiger partial charge in [-0.3, -0.25) is 0 Å². The number of halogens is 3. The standard InChI is InChI=1S/C13H9Cl3O4S.Na/c14-10-6-12(16)11(15)5-9(10)13(17)7-2-1-3-8(4-7)21(18,19)20;/h1-6,13,17H,(H,18,19,20);/q;+1/p-1. The zero-order valence-corrected chi connectivity index (χ0v) is 16.3. The van der Waals surface area contributed by atoms with Gasteiger partial charge < -0.3 is 9.66 Å². The molecule has 0 radical (unpaired) electrons. The number of aliphatic hydroxyl groups is 1. The van der Waals surface area contributed by atoms with Gasteiger partial charge in [0.15, 0.2) is 0 Å². The number of aliphatic hydroxyl groups excluding tert-OH is 1. The summed E-state index contributed by atoms with van der Waals surface area (Å²) in [6.45, 7) is 0. The Labute approximate surface area is 165 Å². The predicted molar refractivity (Wildman–Crippen MR) is 79.9 cm³/mol. The van der Waals surface area contributed by atoms with E-state index in [9.17, 15) is 18.1 Å². The molecule has 0 heterocycles. The van der Waals surface area contributed by atoms with Crippen LogP contribution in [-0.2, 0) is 10.1 Å². The predicted octanol–water partition coefficient (Wildman–Crippen LogP) is 0.637. The summed E-state index contributed by atoms with van der Waals surface area (Å²) in [5.41, 5.74) is 0.457. The molecule has 0 amide bonds. The summed E-state index contributed by atoms with van der Waals surface area (Å²) in [6, 6.07) is 7.82.